The molecule has 1 fully saturated rings. The van der Waals surface area contributed by atoms with E-state index in [2.05, 4.69) is 22.1 Å². The molecule has 0 aliphatic carbocycles. The van der Waals surface area contributed by atoms with Crippen molar-refractivity contribution in [2.24, 2.45) is 0 Å². The number of ether oxygens (including phenoxy) is 2. The van der Waals surface area contributed by atoms with Crippen molar-refractivity contribution >= 4 is 17.7 Å². The highest BCUT2D eigenvalue weighted by molar-refractivity contribution is 5.90. The summed E-state index contributed by atoms with van der Waals surface area (Å²) >= 11 is 0. The summed E-state index contributed by atoms with van der Waals surface area (Å²) in [5.41, 5.74) is 1.08. The Bertz CT molecular complexity index is 967. The zero-order chi connectivity index (χ0) is 20.1. The lowest BCUT2D eigenvalue weighted by molar-refractivity contribution is -0.119. The monoisotopic (exact) mass is 383 g/mol. The summed E-state index contributed by atoms with van der Waals surface area (Å²) in [5.74, 6) is 5.35. The highest BCUT2D eigenvalue weighted by atomic mass is 19.1. The number of anilines is 1. The van der Waals surface area contributed by atoms with E-state index >= 15 is 0 Å². The van der Waals surface area contributed by atoms with Gasteiger partial charge in [0.1, 0.15) is 17.7 Å². The zero-order valence-corrected chi connectivity index (χ0v) is 15.4. The van der Waals surface area contributed by atoms with E-state index in [0.29, 0.717) is 17.0 Å². The number of amides is 2. The van der Waals surface area contributed by atoms with Crippen LogP contribution in [-0.4, -0.2) is 43.3 Å². The standard InChI is InChI=1S/C20H18FN3O4/c1-13(25)23-11-17-12-24(20(26)28-17)16-6-5-14(18(21)9-16)3-4-15-10-22-8-7-19(15)27-2/h5-10,17H,11-12H2,1-2H3,(H,23,25)/t17-/m0/s1. The van der Waals surface area contributed by atoms with Crippen LogP contribution in [0.4, 0.5) is 14.9 Å². The maximum atomic E-state index is 14.5. The van der Waals surface area contributed by atoms with Crippen LogP contribution in [0.3, 0.4) is 0 Å². The number of carbonyl (C=O) groups excluding carboxylic acids is 2. The van der Waals surface area contributed by atoms with Crippen molar-refractivity contribution in [3.63, 3.8) is 0 Å². The lowest BCUT2D eigenvalue weighted by Crippen LogP contribution is -2.33. The average molecular weight is 383 g/mol. The number of pyridine rings is 1. The smallest absolute Gasteiger partial charge is 0.414 e. The molecule has 0 bridgehead atoms. The molecule has 3 rings (SSSR count). The summed E-state index contributed by atoms with van der Waals surface area (Å²) in [4.78, 5) is 28.3. The molecule has 0 saturated carbocycles. The molecule has 0 spiro atoms. The summed E-state index contributed by atoms with van der Waals surface area (Å²) in [5, 5.41) is 2.59. The van der Waals surface area contributed by atoms with E-state index in [9.17, 15) is 14.0 Å². The number of hydrogen-bond acceptors (Lipinski definition) is 5. The van der Waals surface area contributed by atoms with Gasteiger partial charge in [-0.2, -0.15) is 0 Å². The van der Waals surface area contributed by atoms with Crippen LogP contribution < -0.4 is 15.0 Å². The van der Waals surface area contributed by atoms with Crippen molar-refractivity contribution in [3.8, 4) is 17.6 Å². The summed E-state index contributed by atoms with van der Waals surface area (Å²) < 4.78 is 24.8. The number of hydrogen-bond donors (Lipinski definition) is 1. The quantitative estimate of drug-likeness (QED) is 0.818. The third-order valence-corrected chi connectivity index (χ3v) is 4.05. The minimum atomic E-state index is -0.589. The number of cyclic esters (lactones) is 1. The van der Waals surface area contributed by atoms with Gasteiger partial charge in [0.05, 0.1) is 37.0 Å². The van der Waals surface area contributed by atoms with Crippen LogP contribution in [0.2, 0.25) is 0 Å². The van der Waals surface area contributed by atoms with E-state index in [-0.39, 0.29) is 24.6 Å². The number of rotatable bonds is 4. The normalized spacial score (nSPS) is 15.5. The van der Waals surface area contributed by atoms with E-state index in [1.54, 1.807) is 18.3 Å². The molecular weight excluding hydrogens is 365 g/mol. The second-order valence-electron chi connectivity index (χ2n) is 6.04. The predicted molar refractivity (Wildman–Crippen MR) is 99.5 cm³/mol. The Kier molecular flexibility index (Phi) is 5.75. The van der Waals surface area contributed by atoms with Crippen LogP contribution in [0, 0.1) is 17.7 Å². The number of nitrogens with one attached hydrogen (secondary N) is 1. The van der Waals surface area contributed by atoms with Crippen molar-refractivity contribution in [1.29, 1.82) is 0 Å². The predicted octanol–water partition coefficient (Wildman–Crippen LogP) is 2.09. The van der Waals surface area contributed by atoms with Crippen LogP contribution in [0.15, 0.2) is 36.7 Å². The molecule has 1 aliphatic rings. The zero-order valence-electron chi connectivity index (χ0n) is 15.4. The third-order valence-electron chi connectivity index (χ3n) is 4.05. The summed E-state index contributed by atoms with van der Waals surface area (Å²) in [7, 11) is 1.52. The molecule has 144 valence electrons. The Hall–Kier alpha value is -3.60. The molecule has 2 heterocycles. The van der Waals surface area contributed by atoms with E-state index in [1.165, 1.54) is 37.3 Å². The highest BCUT2D eigenvalue weighted by Crippen LogP contribution is 2.24. The Morgan fingerprint density at radius 1 is 1.39 bits per heavy atom. The van der Waals surface area contributed by atoms with Crippen LogP contribution in [0.25, 0.3) is 0 Å². The molecule has 28 heavy (non-hydrogen) atoms. The van der Waals surface area contributed by atoms with Crippen molar-refractivity contribution < 1.29 is 23.5 Å². The average Bonchev–Trinajstić information content (AvgIpc) is 3.06. The first-order valence-electron chi connectivity index (χ1n) is 8.50. The number of halogens is 1. The molecule has 1 saturated heterocycles. The van der Waals surface area contributed by atoms with Gasteiger partial charge in [0.2, 0.25) is 5.91 Å². The first kappa shape index (κ1) is 19.2. The van der Waals surface area contributed by atoms with Crippen molar-refractivity contribution in [1.82, 2.24) is 10.3 Å². The van der Waals surface area contributed by atoms with Crippen molar-refractivity contribution in [2.45, 2.75) is 13.0 Å². The summed E-state index contributed by atoms with van der Waals surface area (Å²) in [6, 6.07) is 5.98. The molecule has 1 atom stereocenters. The van der Waals surface area contributed by atoms with E-state index < -0.39 is 18.0 Å². The summed E-state index contributed by atoms with van der Waals surface area (Å²) in [6.07, 6.45) is 2.03. The molecule has 7 nitrogen and oxygen atoms in total. The Morgan fingerprint density at radius 2 is 2.18 bits per heavy atom. The van der Waals surface area contributed by atoms with Crippen molar-refractivity contribution in [3.05, 3.63) is 53.6 Å². The lowest BCUT2D eigenvalue weighted by atomic mass is 10.1. The third kappa shape index (κ3) is 4.38. The molecule has 1 aromatic carbocycles. The van der Waals surface area contributed by atoms with Crippen LogP contribution in [-0.2, 0) is 9.53 Å². The fourth-order valence-corrected chi connectivity index (χ4v) is 2.66. The molecule has 1 N–H and O–H groups in total. The molecule has 2 amide bonds. The molecule has 0 radical (unpaired) electrons. The molecule has 1 aliphatic heterocycles. The Labute approximate surface area is 161 Å². The number of benzene rings is 1. The largest absolute Gasteiger partial charge is 0.495 e. The minimum Gasteiger partial charge on any atom is -0.495 e. The fourth-order valence-electron chi connectivity index (χ4n) is 2.66. The van der Waals surface area contributed by atoms with Gasteiger partial charge < -0.3 is 14.8 Å². The van der Waals surface area contributed by atoms with Gasteiger partial charge in [-0.3, -0.25) is 14.7 Å². The first-order chi connectivity index (χ1) is 13.5. The van der Waals surface area contributed by atoms with Gasteiger partial charge in [0.15, 0.2) is 0 Å². The first-order valence-corrected chi connectivity index (χ1v) is 8.50. The maximum absolute atomic E-state index is 14.5. The molecule has 8 heteroatoms. The molecule has 0 unspecified atom stereocenters. The number of carbonyl (C=O) groups is 2. The SMILES string of the molecule is COc1ccncc1C#Cc1ccc(N2C[C@H](CNC(C)=O)OC2=O)cc1F. The fraction of sp³-hybridized carbons (Fsp3) is 0.250. The van der Waals surface area contributed by atoms with Gasteiger partial charge in [-0.05, 0) is 24.3 Å². The van der Waals surface area contributed by atoms with E-state index in [4.69, 9.17) is 9.47 Å². The minimum absolute atomic E-state index is 0.178. The number of methoxy groups -OCH3 is 1. The summed E-state index contributed by atoms with van der Waals surface area (Å²) in [6.45, 7) is 1.80. The topological polar surface area (TPSA) is 80.8 Å². The lowest BCUT2D eigenvalue weighted by Gasteiger charge is -2.13. The van der Waals surface area contributed by atoms with Gasteiger partial charge in [-0.1, -0.05) is 11.8 Å². The van der Waals surface area contributed by atoms with Gasteiger partial charge >= 0.3 is 6.09 Å². The number of nitrogens with zero attached hydrogens (tertiary/aromatic N) is 2. The second-order valence-corrected chi connectivity index (χ2v) is 6.04. The van der Waals surface area contributed by atoms with E-state index in [1.807, 2.05) is 0 Å². The maximum Gasteiger partial charge on any atom is 0.414 e. The highest BCUT2D eigenvalue weighted by Gasteiger charge is 2.32. The van der Waals surface area contributed by atoms with Crippen LogP contribution >= 0.6 is 0 Å². The molecule has 1 aromatic heterocycles. The van der Waals surface area contributed by atoms with Crippen molar-refractivity contribution in [2.75, 3.05) is 25.1 Å². The Morgan fingerprint density at radius 3 is 2.89 bits per heavy atom. The molecular formula is C20H18FN3O4. The Balaban J connectivity index is 1.75. The van der Waals surface area contributed by atoms with Gasteiger partial charge in [0, 0.05) is 19.3 Å². The second kappa shape index (κ2) is 8.39. The van der Waals surface area contributed by atoms with E-state index in [0.717, 1.165) is 0 Å². The van der Waals surface area contributed by atoms with Gasteiger partial charge in [-0.25, -0.2) is 9.18 Å². The molecule has 2 aromatic rings. The number of aromatic nitrogens is 1. The van der Waals surface area contributed by atoms with Crippen LogP contribution in [0.1, 0.15) is 18.1 Å². The van der Waals surface area contributed by atoms with Crippen LogP contribution in [0.5, 0.6) is 5.75 Å². The van der Waals surface area contributed by atoms with Gasteiger partial charge in [-0.15, -0.1) is 0 Å². The van der Waals surface area contributed by atoms with Gasteiger partial charge in [0.25, 0.3) is 0 Å².